The lowest BCUT2D eigenvalue weighted by molar-refractivity contribution is -0.148. The molecule has 1 rings (SSSR count). The molecule has 0 aromatic heterocycles. The first-order valence-electron chi connectivity index (χ1n) is 5.59. The van der Waals surface area contributed by atoms with E-state index in [2.05, 4.69) is 6.07 Å². The van der Waals surface area contributed by atoms with Crippen LogP contribution in [0.4, 0.5) is 0 Å². The van der Waals surface area contributed by atoms with E-state index in [1.54, 1.807) is 6.92 Å². The van der Waals surface area contributed by atoms with Gasteiger partial charge in [0.25, 0.3) is 0 Å². The predicted molar refractivity (Wildman–Crippen MR) is 69.7 cm³/mol. The third kappa shape index (κ3) is 4.40. The molecule has 0 amide bonds. The molecule has 0 saturated heterocycles. The molecule has 17 heavy (non-hydrogen) atoms. The van der Waals surface area contributed by atoms with Crippen molar-refractivity contribution in [1.82, 2.24) is 0 Å². The zero-order chi connectivity index (χ0) is 12.8. The maximum Gasteiger partial charge on any atom is 0.333 e. The topological polar surface area (TPSA) is 46.5 Å². The van der Waals surface area contributed by atoms with Crippen molar-refractivity contribution < 1.29 is 14.6 Å². The Morgan fingerprint density at radius 3 is 2.71 bits per heavy atom. The molecule has 0 fully saturated rings. The standard InChI is InChI=1S/C13H18O3S/c1-4-16-11(13(14)15)8-17-12-6-5-9(2)7-10(12)3/h5-7,11H,4,8H2,1-3H3,(H,14,15). The average molecular weight is 254 g/mol. The number of carboxylic acids is 1. The SMILES string of the molecule is CCOC(CSc1ccc(C)cc1C)C(=O)O. The van der Waals surface area contributed by atoms with Crippen LogP contribution in [0.15, 0.2) is 23.1 Å². The summed E-state index contributed by atoms with van der Waals surface area (Å²) in [4.78, 5) is 12.0. The van der Waals surface area contributed by atoms with Gasteiger partial charge >= 0.3 is 5.97 Å². The van der Waals surface area contributed by atoms with Gasteiger partial charge in [-0.3, -0.25) is 0 Å². The third-order valence-electron chi connectivity index (χ3n) is 2.36. The highest BCUT2D eigenvalue weighted by Crippen LogP contribution is 2.24. The fourth-order valence-electron chi connectivity index (χ4n) is 1.52. The molecule has 0 aliphatic carbocycles. The van der Waals surface area contributed by atoms with E-state index in [0.29, 0.717) is 12.4 Å². The maximum absolute atomic E-state index is 10.9. The Labute approximate surface area is 106 Å². The monoisotopic (exact) mass is 254 g/mol. The number of thioether (sulfide) groups is 1. The Balaban J connectivity index is 2.62. The van der Waals surface area contributed by atoms with Crippen molar-refractivity contribution in [2.75, 3.05) is 12.4 Å². The minimum absolute atomic E-state index is 0.421. The first-order chi connectivity index (χ1) is 8.04. The van der Waals surface area contributed by atoms with Gasteiger partial charge in [-0.05, 0) is 32.4 Å². The number of aryl methyl sites for hydroxylation is 2. The van der Waals surface area contributed by atoms with Crippen LogP contribution in [0.25, 0.3) is 0 Å². The summed E-state index contributed by atoms with van der Waals surface area (Å²) in [5.41, 5.74) is 2.39. The van der Waals surface area contributed by atoms with E-state index in [9.17, 15) is 4.79 Å². The average Bonchev–Trinajstić information content (AvgIpc) is 2.25. The zero-order valence-corrected chi connectivity index (χ0v) is 11.2. The Hall–Kier alpha value is -1.00. The van der Waals surface area contributed by atoms with Gasteiger partial charge in [0.05, 0.1) is 0 Å². The fraction of sp³-hybridized carbons (Fsp3) is 0.462. The second-order valence-corrected chi connectivity index (χ2v) is 4.92. The molecule has 0 spiro atoms. The van der Waals surface area contributed by atoms with E-state index in [0.717, 1.165) is 4.90 Å². The van der Waals surface area contributed by atoms with Crippen LogP contribution in [0.1, 0.15) is 18.1 Å². The summed E-state index contributed by atoms with van der Waals surface area (Å²) in [6, 6.07) is 6.16. The molecule has 1 unspecified atom stereocenters. The number of carbonyl (C=O) groups is 1. The van der Waals surface area contributed by atoms with Crippen molar-refractivity contribution in [1.29, 1.82) is 0 Å². The number of rotatable bonds is 6. The molecular weight excluding hydrogens is 236 g/mol. The van der Waals surface area contributed by atoms with Crippen molar-refractivity contribution in [3.63, 3.8) is 0 Å². The highest BCUT2D eigenvalue weighted by Gasteiger charge is 2.17. The van der Waals surface area contributed by atoms with Gasteiger partial charge in [-0.15, -0.1) is 11.8 Å². The van der Waals surface area contributed by atoms with Gasteiger partial charge in [0, 0.05) is 17.3 Å². The minimum atomic E-state index is -0.899. The molecule has 0 aliphatic heterocycles. The van der Waals surface area contributed by atoms with Crippen molar-refractivity contribution >= 4 is 17.7 Å². The molecular formula is C13H18O3S. The Bertz CT molecular complexity index is 390. The Kier molecular flexibility index (Phi) is 5.51. The second kappa shape index (κ2) is 6.67. The van der Waals surface area contributed by atoms with Crippen LogP contribution in [0, 0.1) is 13.8 Å². The van der Waals surface area contributed by atoms with Crippen LogP contribution in [0.5, 0.6) is 0 Å². The van der Waals surface area contributed by atoms with Crippen LogP contribution in [-0.4, -0.2) is 29.5 Å². The van der Waals surface area contributed by atoms with Gasteiger partial charge in [-0.1, -0.05) is 17.7 Å². The van der Waals surface area contributed by atoms with Crippen molar-refractivity contribution in [2.24, 2.45) is 0 Å². The molecule has 3 nitrogen and oxygen atoms in total. The molecule has 0 aliphatic rings. The van der Waals surface area contributed by atoms with Crippen LogP contribution in [-0.2, 0) is 9.53 Å². The molecule has 4 heteroatoms. The smallest absolute Gasteiger partial charge is 0.333 e. The molecule has 1 aromatic carbocycles. The van der Waals surface area contributed by atoms with Gasteiger partial charge in [0.1, 0.15) is 0 Å². The van der Waals surface area contributed by atoms with E-state index in [1.165, 1.54) is 22.9 Å². The normalized spacial score (nSPS) is 12.4. The highest BCUT2D eigenvalue weighted by molar-refractivity contribution is 7.99. The molecule has 1 N–H and O–H groups in total. The van der Waals surface area contributed by atoms with E-state index >= 15 is 0 Å². The van der Waals surface area contributed by atoms with Crippen LogP contribution >= 0.6 is 11.8 Å². The summed E-state index contributed by atoms with van der Waals surface area (Å²) in [6.07, 6.45) is -0.731. The quantitative estimate of drug-likeness (QED) is 0.793. The van der Waals surface area contributed by atoms with Gasteiger partial charge in [-0.2, -0.15) is 0 Å². The molecule has 0 heterocycles. The zero-order valence-electron chi connectivity index (χ0n) is 10.4. The van der Waals surface area contributed by atoms with E-state index in [1.807, 2.05) is 26.0 Å². The van der Waals surface area contributed by atoms with Crippen LogP contribution < -0.4 is 0 Å². The number of benzene rings is 1. The van der Waals surface area contributed by atoms with E-state index in [-0.39, 0.29) is 0 Å². The minimum Gasteiger partial charge on any atom is -0.479 e. The highest BCUT2D eigenvalue weighted by atomic mass is 32.2. The van der Waals surface area contributed by atoms with Crippen molar-refractivity contribution in [2.45, 2.75) is 31.8 Å². The summed E-state index contributed by atoms with van der Waals surface area (Å²) in [5.74, 6) is -0.461. The molecule has 0 radical (unpaired) electrons. The molecule has 0 bridgehead atoms. The Morgan fingerprint density at radius 1 is 1.47 bits per heavy atom. The lowest BCUT2D eigenvalue weighted by Gasteiger charge is -2.13. The summed E-state index contributed by atoms with van der Waals surface area (Å²) in [7, 11) is 0. The maximum atomic E-state index is 10.9. The number of hydrogen-bond donors (Lipinski definition) is 1. The van der Waals surface area contributed by atoms with Gasteiger partial charge in [-0.25, -0.2) is 4.79 Å². The number of aliphatic carboxylic acids is 1. The van der Waals surface area contributed by atoms with Gasteiger partial charge in [0.15, 0.2) is 6.10 Å². The van der Waals surface area contributed by atoms with Gasteiger partial charge < -0.3 is 9.84 Å². The summed E-state index contributed by atoms with van der Waals surface area (Å²) in [6.45, 7) is 6.30. The number of ether oxygens (including phenoxy) is 1. The first kappa shape index (κ1) is 14.1. The Morgan fingerprint density at radius 2 is 2.18 bits per heavy atom. The summed E-state index contributed by atoms with van der Waals surface area (Å²) < 4.78 is 5.17. The number of hydrogen-bond acceptors (Lipinski definition) is 3. The fourth-order valence-corrected chi connectivity index (χ4v) is 2.54. The summed E-state index contributed by atoms with van der Waals surface area (Å²) in [5, 5.41) is 8.96. The molecule has 1 aromatic rings. The van der Waals surface area contributed by atoms with Crippen LogP contribution in [0.2, 0.25) is 0 Å². The lowest BCUT2D eigenvalue weighted by Crippen LogP contribution is -2.26. The largest absolute Gasteiger partial charge is 0.479 e. The molecule has 94 valence electrons. The predicted octanol–water partition coefficient (Wildman–Crippen LogP) is 2.89. The van der Waals surface area contributed by atoms with Gasteiger partial charge in [0.2, 0.25) is 0 Å². The van der Waals surface area contributed by atoms with Crippen molar-refractivity contribution in [3.8, 4) is 0 Å². The van der Waals surface area contributed by atoms with Crippen LogP contribution in [0.3, 0.4) is 0 Å². The third-order valence-corrected chi connectivity index (χ3v) is 3.60. The van der Waals surface area contributed by atoms with E-state index < -0.39 is 12.1 Å². The molecule has 0 saturated carbocycles. The lowest BCUT2D eigenvalue weighted by atomic mass is 10.2. The van der Waals surface area contributed by atoms with Crippen molar-refractivity contribution in [3.05, 3.63) is 29.3 Å². The summed E-state index contributed by atoms with van der Waals surface area (Å²) >= 11 is 1.53. The molecule has 1 atom stereocenters. The first-order valence-corrected chi connectivity index (χ1v) is 6.57. The number of carboxylic acid groups (broad SMARTS) is 1. The van der Waals surface area contributed by atoms with E-state index in [4.69, 9.17) is 9.84 Å². The second-order valence-electron chi connectivity index (χ2n) is 3.86.